The van der Waals surface area contributed by atoms with Gasteiger partial charge in [-0.2, -0.15) is 0 Å². The van der Waals surface area contributed by atoms with E-state index >= 15 is 0 Å². The maximum Gasteiger partial charge on any atom is 0.0468 e. The highest BCUT2D eigenvalue weighted by molar-refractivity contribution is 6.23. The van der Waals surface area contributed by atoms with E-state index in [9.17, 15) is 0 Å². The monoisotopic (exact) mass is 1030 g/mol. The van der Waals surface area contributed by atoms with E-state index in [0.717, 1.165) is 45.3 Å². The van der Waals surface area contributed by atoms with Crippen molar-refractivity contribution in [3.63, 3.8) is 0 Å². The third-order valence-electron chi connectivity index (χ3n) is 17.0. The highest BCUT2D eigenvalue weighted by atomic mass is 15.1. The molecule has 0 bridgehead atoms. The van der Waals surface area contributed by atoms with Crippen LogP contribution in [-0.2, 0) is 5.41 Å². The molecule has 81 heavy (non-hydrogen) atoms. The fraction of sp³-hybridized carbons (Fsp3) is 0.0380. The van der Waals surface area contributed by atoms with Crippen LogP contribution in [0.5, 0.6) is 0 Å². The van der Waals surface area contributed by atoms with Crippen molar-refractivity contribution >= 4 is 77.2 Å². The van der Waals surface area contributed by atoms with Crippen LogP contribution in [0.15, 0.2) is 303 Å². The van der Waals surface area contributed by atoms with Crippen molar-refractivity contribution in [2.75, 3.05) is 9.80 Å². The highest BCUT2D eigenvalue weighted by Gasteiger charge is 2.36. The molecule has 0 aromatic heterocycles. The summed E-state index contributed by atoms with van der Waals surface area (Å²) in [6.45, 7) is 4.74. The van der Waals surface area contributed by atoms with Gasteiger partial charge in [0.05, 0.1) is 0 Å². The highest BCUT2D eigenvalue weighted by Crippen LogP contribution is 2.53. The van der Waals surface area contributed by atoms with Gasteiger partial charge >= 0.3 is 0 Å². The molecule has 382 valence electrons. The Morgan fingerprint density at radius 2 is 0.605 bits per heavy atom. The lowest BCUT2D eigenvalue weighted by atomic mass is 9.82. The molecule has 0 saturated heterocycles. The molecule has 0 aliphatic heterocycles. The van der Waals surface area contributed by atoms with E-state index in [1.54, 1.807) is 0 Å². The summed E-state index contributed by atoms with van der Waals surface area (Å²) >= 11 is 0. The van der Waals surface area contributed by atoms with E-state index in [0.29, 0.717) is 0 Å². The van der Waals surface area contributed by atoms with Crippen molar-refractivity contribution in [3.8, 4) is 55.6 Å². The number of hydrogen-bond acceptors (Lipinski definition) is 2. The Bertz CT molecular complexity index is 4680. The van der Waals surface area contributed by atoms with Gasteiger partial charge in [0.1, 0.15) is 0 Å². The first-order valence-electron chi connectivity index (χ1n) is 28.1. The molecule has 15 rings (SSSR count). The Hall–Kier alpha value is -10.3. The Balaban J connectivity index is 0.995. The first kappa shape index (κ1) is 47.9. The summed E-state index contributed by atoms with van der Waals surface area (Å²) in [5.74, 6) is 0. The Labute approximate surface area is 473 Å². The van der Waals surface area contributed by atoms with Crippen LogP contribution in [0, 0.1) is 0 Å². The van der Waals surface area contributed by atoms with Gasteiger partial charge in [-0.15, -0.1) is 0 Å². The van der Waals surface area contributed by atoms with Crippen molar-refractivity contribution < 1.29 is 0 Å². The number of fused-ring (bicyclic) bond motifs is 8. The van der Waals surface area contributed by atoms with Gasteiger partial charge < -0.3 is 9.80 Å². The lowest BCUT2D eigenvalue weighted by molar-refractivity contribution is 0.660. The van der Waals surface area contributed by atoms with Crippen molar-refractivity contribution in [2.45, 2.75) is 19.3 Å². The molecule has 0 unspecified atom stereocenters. The summed E-state index contributed by atoms with van der Waals surface area (Å²) < 4.78 is 0. The summed E-state index contributed by atoms with van der Waals surface area (Å²) in [6, 6.07) is 112. The van der Waals surface area contributed by atoms with Crippen LogP contribution in [0.4, 0.5) is 34.1 Å². The van der Waals surface area contributed by atoms with Gasteiger partial charge in [-0.05, 0) is 183 Å². The van der Waals surface area contributed by atoms with Crippen molar-refractivity contribution in [1.29, 1.82) is 0 Å². The molecule has 1 aliphatic rings. The van der Waals surface area contributed by atoms with E-state index in [4.69, 9.17) is 0 Å². The zero-order valence-electron chi connectivity index (χ0n) is 45.3. The molecule has 0 atom stereocenters. The molecule has 0 heterocycles. The predicted molar refractivity (Wildman–Crippen MR) is 345 cm³/mol. The maximum atomic E-state index is 2.46. The first-order valence-corrected chi connectivity index (χ1v) is 28.1. The van der Waals surface area contributed by atoms with Gasteiger partial charge in [0.2, 0.25) is 0 Å². The Morgan fingerprint density at radius 3 is 1.16 bits per heavy atom. The molecule has 0 N–H and O–H groups in total. The lowest BCUT2D eigenvalue weighted by Crippen LogP contribution is -2.16. The van der Waals surface area contributed by atoms with Crippen LogP contribution in [0.2, 0.25) is 0 Å². The quantitative estimate of drug-likeness (QED) is 0.0995. The maximum absolute atomic E-state index is 2.46. The molecule has 2 heteroatoms. The molecule has 0 amide bonds. The number of nitrogens with zero attached hydrogens (tertiary/aromatic N) is 2. The van der Waals surface area contributed by atoms with E-state index in [-0.39, 0.29) is 5.41 Å². The minimum atomic E-state index is -0.158. The topological polar surface area (TPSA) is 6.48 Å². The second-order valence-electron chi connectivity index (χ2n) is 22.0. The average Bonchev–Trinajstić information content (AvgIpc) is 3.91. The molecule has 0 spiro atoms. The zero-order chi connectivity index (χ0) is 54.0. The van der Waals surface area contributed by atoms with Crippen LogP contribution in [0.1, 0.15) is 25.0 Å². The van der Waals surface area contributed by atoms with Crippen LogP contribution in [0.25, 0.3) is 98.7 Å². The van der Waals surface area contributed by atoms with E-state index in [2.05, 4.69) is 327 Å². The van der Waals surface area contributed by atoms with Gasteiger partial charge in [-0.1, -0.05) is 244 Å². The number of hydrogen-bond donors (Lipinski definition) is 0. The first-order chi connectivity index (χ1) is 39.9. The Morgan fingerprint density at radius 1 is 0.222 bits per heavy atom. The van der Waals surface area contributed by atoms with Crippen LogP contribution in [-0.4, -0.2) is 0 Å². The summed E-state index contributed by atoms with van der Waals surface area (Å²) in [5, 5.41) is 9.67. The van der Waals surface area contributed by atoms with E-state index in [1.165, 1.54) is 98.7 Å². The summed E-state index contributed by atoms with van der Waals surface area (Å²) in [5.41, 5.74) is 21.2. The molecular weight excluding hydrogens is 977 g/mol. The van der Waals surface area contributed by atoms with Crippen LogP contribution >= 0.6 is 0 Å². The zero-order valence-corrected chi connectivity index (χ0v) is 45.3. The smallest absolute Gasteiger partial charge is 0.0468 e. The minimum Gasteiger partial charge on any atom is -0.310 e. The standard InChI is InChI=1S/C79H56N2/c1-79(2)75-30-18-17-29-69(75)70-46-42-66(52-76(70)79)81(62-26-13-6-14-27-62)65-44-48-72-74(51-65)78(59-38-33-56(34-39-59)54-21-9-4-10-22-54)71-47-43-64(50-73(71)77(72)58-36-31-55(32-37-58)53-19-7-3-8-20-53)80(61-24-11-5-12-25-61)63-41-45-68-60(49-63)40-35-57-23-15-16-28-67(57)68/h3-52H,1-2H3. The molecular formula is C79H56N2. The van der Waals surface area contributed by atoms with Crippen LogP contribution in [0.3, 0.4) is 0 Å². The molecule has 0 fully saturated rings. The van der Waals surface area contributed by atoms with E-state index < -0.39 is 0 Å². The van der Waals surface area contributed by atoms with Gasteiger partial charge in [0.15, 0.2) is 0 Å². The predicted octanol–water partition coefficient (Wildman–Crippen LogP) is 22.2. The molecule has 14 aromatic rings. The normalized spacial score (nSPS) is 12.4. The Kier molecular flexibility index (Phi) is 11.6. The second-order valence-corrected chi connectivity index (χ2v) is 22.0. The van der Waals surface area contributed by atoms with Crippen LogP contribution < -0.4 is 9.80 Å². The van der Waals surface area contributed by atoms with Gasteiger partial charge in [0.25, 0.3) is 0 Å². The summed E-state index contributed by atoms with van der Waals surface area (Å²) in [7, 11) is 0. The third kappa shape index (κ3) is 8.26. The third-order valence-corrected chi connectivity index (χ3v) is 17.0. The van der Waals surface area contributed by atoms with Crippen molar-refractivity contribution in [3.05, 3.63) is 314 Å². The fourth-order valence-electron chi connectivity index (χ4n) is 13.0. The molecule has 0 radical (unpaired) electrons. The van der Waals surface area contributed by atoms with Gasteiger partial charge in [-0.25, -0.2) is 0 Å². The lowest BCUT2D eigenvalue weighted by Gasteiger charge is -2.29. The van der Waals surface area contributed by atoms with E-state index in [1.807, 2.05) is 0 Å². The van der Waals surface area contributed by atoms with Gasteiger partial charge in [-0.3, -0.25) is 0 Å². The summed E-state index contributed by atoms with van der Waals surface area (Å²) in [6.07, 6.45) is 0. The average molecular weight is 1030 g/mol. The second kappa shape index (κ2) is 19.6. The molecule has 1 aliphatic carbocycles. The van der Waals surface area contributed by atoms with Gasteiger partial charge in [0, 0.05) is 39.5 Å². The van der Waals surface area contributed by atoms with Crippen molar-refractivity contribution in [1.82, 2.24) is 0 Å². The number of rotatable bonds is 10. The molecule has 14 aromatic carbocycles. The SMILES string of the molecule is CC1(C)c2ccccc2-c2ccc(N(c3ccccc3)c3ccc4c(-c5ccc(-c6ccccc6)cc5)c5cc(N(c6ccccc6)c6ccc7c(ccc8ccccc87)c6)ccc5c(-c5ccc(-c6ccccc6)cc5)c4c3)cc21. The largest absolute Gasteiger partial charge is 0.310 e. The number of para-hydroxylation sites is 2. The number of benzene rings is 14. The summed E-state index contributed by atoms with van der Waals surface area (Å²) in [4.78, 5) is 4.87. The minimum absolute atomic E-state index is 0.158. The fourth-order valence-corrected chi connectivity index (χ4v) is 13.0. The number of anilines is 6. The molecule has 2 nitrogen and oxygen atoms in total. The van der Waals surface area contributed by atoms with Crippen molar-refractivity contribution in [2.24, 2.45) is 0 Å². The molecule has 0 saturated carbocycles.